The molecule has 0 bridgehead atoms. The number of pyridine rings is 1. The minimum absolute atomic E-state index is 0.113. The van der Waals surface area contributed by atoms with Crippen molar-refractivity contribution in [1.29, 1.82) is 0 Å². The van der Waals surface area contributed by atoms with Gasteiger partial charge in [0, 0.05) is 24.3 Å². The Morgan fingerprint density at radius 1 is 1.00 bits per heavy atom. The fourth-order valence-corrected chi connectivity index (χ4v) is 3.61. The first kappa shape index (κ1) is 19.5. The standard InChI is InChI=1S/C24H19FN2O3/c1-15-2-4-17(5-3-15)21-20(22(28)18-6-8-19(25)9-7-18)23(29)24(30)27(21)14-16-10-12-26-13-11-16/h2-13,21,28H,14H2,1H3/b22-20+. The third kappa shape index (κ3) is 3.59. The highest BCUT2D eigenvalue weighted by Crippen LogP contribution is 2.39. The highest BCUT2D eigenvalue weighted by molar-refractivity contribution is 6.46. The Kier molecular flexibility index (Phi) is 5.14. The van der Waals surface area contributed by atoms with Gasteiger partial charge in [-0.05, 0) is 35.7 Å². The maximum Gasteiger partial charge on any atom is 0.295 e. The summed E-state index contributed by atoms with van der Waals surface area (Å²) in [7, 11) is 0. The molecule has 1 N–H and O–H groups in total. The van der Waals surface area contributed by atoms with Crippen molar-refractivity contribution in [2.24, 2.45) is 0 Å². The smallest absolute Gasteiger partial charge is 0.295 e. The third-order valence-electron chi connectivity index (χ3n) is 5.17. The van der Waals surface area contributed by atoms with E-state index in [1.165, 1.54) is 17.0 Å². The van der Waals surface area contributed by atoms with Crippen molar-refractivity contribution in [2.75, 3.05) is 0 Å². The van der Waals surface area contributed by atoms with Gasteiger partial charge in [0.25, 0.3) is 5.91 Å². The van der Waals surface area contributed by atoms with Gasteiger partial charge in [0.2, 0.25) is 5.78 Å². The van der Waals surface area contributed by atoms with Crippen LogP contribution < -0.4 is 10.1 Å². The number of aryl methyl sites for hydroxylation is 1. The summed E-state index contributed by atoms with van der Waals surface area (Å²) in [5, 5.41) is 13.2. The van der Waals surface area contributed by atoms with Crippen molar-refractivity contribution in [1.82, 2.24) is 4.90 Å². The number of rotatable bonds is 4. The van der Waals surface area contributed by atoms with Crippen LogP contribution in [0.15, 0.2) is 78.6 Å². The summed E-state index contributed by atoms with van der Waals surface area (Å²) in [4.78, 5) is 30.1. The second kappa shape index (κ2) is 7.91. The van der Waals surface area contributed by atoms with Crippen LogP contribution in [0.25, 0.3) is 5.76 Å². The number of H-pyrrole nitrogens is 1. The van der Waals surface area contributed by atoms with Crippen LogP contribution >= 0.6 is 0 Å². The zero-order chi connectivity index (χ0) is 21.3. The van der Waals surface area contributed by atoms with Crippen molar-refractivity contribution in [3.05, 3.63) is 107 Å². The molecule has 2 heterocycles. The number of nitrogens with one attached hydrogen (secondary N) is 1. The van der Waals surface area contributed by atoms with Gasteiger partial charge in [-0.1, -0.05) is 47.7 Å². The monoisotopic (exact) mass is 402 g/mol. The Labute approximate surface area is 173 Å². The van der Waals surface area contributed by atoms with E-state index in [-0.39, 0.29) is 17.7 Å². The molecule has 0 aliphatic carbocycles. The zero-order valence-corrected chi connectivity index (χ0v) is 16.3. The molecule has 6 heteroatoms. The van der Waals surface area contributed by atoms with Gasteiger partial charge in [-0.25, -0.2) is 9.37 Å². The number of hydrogen-bond donors (Lipinski definition) is 0. The topological polar surface area (TPSA) is 74.6 Å². The molecule has 1 atom stereocenters. The van der Waals surface area contributed by atoms with Crippen LogP contribution in [0.1, 0.15) is 28.3 Å². The molecule has 4 rings (SSSR count). The molecule has 0 saturated carbocycles. The summed E-state index contributed by atoms with van der Waals surface area (Å²) >= 11 is 0. The molecule has 1 aromatic heterocycles. The molecular formula is C24H19FN2O3. The lowest BCUT2D eigenvalue weighted by Gasteiger charge is -2.27. The zero-order valence-electron chi connectivity index (χ0n) is 16.3. The first-order valence-electron chi connectivity index (χ1n) is 9.49. The van der Waals surface area contributed by atoms with Crippen molar-refractivity contribution in [2.45, 2.75) is 19.5 Å². The molecule has 150 valence electrons. The molecule has 1 aliphatic rings. The predicted molar refractivity (Wildman–Crippen MR) is 106 cm³/mol. The number of carbonyl (C=O) groups excluding carboxylic acids is 2. The summed E-state index contributed by atoms with van der Waals surface area (Å²) in [6, 6.07) is 15.2. The van der Waals surface area contributed by atoms with Crippen LogP contribution in [0.2, 0.25) is 0 Å². The van der Waals surface area contributed by atoms with Crippen LogP contribution in [-0.2, 0) is 16.1 Å². The van der Waals surface area contributed by atoms with E-state index < -0.39 is 29.3 Å². The lowest BCUT2D eigenvalue weighted by molar-refractivity contribution is -0.378. The average Bonchev–Trinajstić information content (AvgIpc) is 3.00. The van der Waals surface area contributed by atoms with Gasteiger partial charge in [-0.15, -0.1) is 0 Å². The third-order valence-corrected chi connectivity index (χ3v) is 5.17. The van der Waals surface area contributed by atoms with E-state index in [2.05, 4.69) is 4.98 Å². The molecule has 1 aliphatic heterocycles. The van der Waals surface area contributed by atoms with Crippen LogP contribution in [-0.4, -0.2) is 16.6 Å². The van der Waals surface area contributed by atoms with E-state index >= 15 is 0 Å². The van der Waals surface area contributed by atoms with Crippen LogP contribution in [0, 0.1) is 12.7 Å². The second-order valence-electron chi connectivity index (χ2n) is 7.23. The highest BCUT2D eigenvalue weighted by Gasteiger charge is 2.44. The number of Topliss-reactive ketones (excluding diaryl/α,β-unsaturated/α-hetero) is 1. The Balaban J connectivity index is 1.85. The molecule has 1 unspecified atom stereocenters. The number of halogens is 1. The maximum absolute atomic E-state index is 13.3. The van der Waals surface area contributed by atoms with Crippen LogP contribution in [0.3, 0.4) is 0 Å². The Bertz CT molecular complexity index is 1120. The molecule has 30 heavy (non-hydrogen) atoms. The Morgan fingerprint density at radius 3 is 2.27 bits per heavy atom. The van der Waals surface area contributed by atoms with Gasteiger partial charge in [0.05, 0.1) is 6.04 Å². The van der Waals surface area contributed by atoms with Crippen molar-refractivity contribution in [3.63, 3.8) is 0 Å². The Morgan fingerprint density at radius 2 is 1.63 bits per heavy atom. The van der Waals surface area contributed by atoms with Crippen molar-refractivity contribution < 1.29 is 24.1 Å². The number of benzene rings is 2. The lowest BCUT2D eigenvalue weighted by atomic mass is 9.94. The van der Waals surface area contributed by atoms with Crippen LogP contribution in [0.4, 0.5) is 4.39 Å². The number of likely N-dealkylation sites (tertiary alicyclic amines) is 1. The average molecular weight is 402 g/mol. The summed E-state index contributed by atoms with van der Waals surface area (Å²) < 4.78 is 13.3. The van der Waals surface area contributed by atoms with Crippen molar-refractivity contribution >= 4 is 17.4 Å². The van der Waals surface area contributed by atoms with E-state index in [1.54, 1.807) is 12.4 Å². The van der Waals surface area contributed by atoms with Gasteiger partial charge >= 0.3 is 0 Å². The number of hydrogen-bond acceptors (Lipinski definition) is 3. The molecule has 0 spiro atoms. The lowest BCUT2D eigenvalue weighted by Crippen LogP contribution is -2.29. The number of aromatic nitrogens is 1. The van der Waals surface area contributed by atoms with E-state index in [0.717, 1.165) is 23.3 Å². The fraction of sp³-hybridized carbons (Fsp3) is 0.125. The summed E-state index contributed by atoms with van der Waals surface area (Å²) in [6.07, 6.45) is 3.46. The molecule has 0 radical (unpaired) electrons. The second-order valence-corrected chi connectivity index (χ2v) is 7.23. The molecule has 2 aromatic carbocycles. The molecular weight excluding hydrogens is 383 g/mol. The van der Waals surface area contributed by atoms with E-state index in [1.807, 2.05) is 43.3 Å². The number of carbonyl (C=O) groups is 2. The Hall–Kier alpha value is -3.80. The molecule has 1 amide bonds. The SMILES string of the molecule is Cc1ccc(C2/C(=C(\[O-])c3ccc(F)cc3)C(=O)C(=O)N2Cc2cc[nH+]cc2)cc1. The van der Waals surface area contributed by atoms with Crippen LogP contribution in [0.5, 0.6) is 0 Å². The first-order valence-corrected chi connectivity index (χ1v) is 9.49. The summed E-state index contributed by atoms with van der Waals surface area (Å²) in [5.74, 6) is -2.60. The van der Waals surface area contributed by atoms with Gasteiger partial charge in [-0.3, -0.25) is 9.59 Å². The quantitative estimate of drug-likeness (QED) is 0.382. The van der Waals surface area contributed by atoms with Gasteiger partial charge in [0.1, 0.15) is 5.82 Å². The molecule has 1 fully saturated rings. The fourth-order valence-electron chi connectivity index (χ4n) is 3.61. The minimum atomic E-state index is -0.822. The largest absolute Gasteiger partial charge is 0.872 e. The molecule has 3 aromatic rings. The van der Waals surface area contributed by atoms with Gasteiger partial charge < -0.3 is 10.0 Å². The number of nitrogens with zero attached hydrogens (tertiary/aromatic N) is 1. The summed E-state index contributed by atoms with van der Waals surface area (Å²) in [5.41, 5.74) is 2.57. The van der Waals surface area contributed by atoms with Gasteiger partial charge in [-0.2, -0.15) is 0 Å². The maximum atomic E-state index is 13.3. The van der Waals surface area contributed by atoms with Crippen molar-refractivity contribution in [3.8, 4) is 0 Å². The normalized spacial score (nSPS) is 18.1. The highest BCUT2D eigenvalue weighted by atomic mass is 19.1. The van der Waals surface area contributed by atoms with E-state index in [9.17, 15) is 19.1 Å². The minimum Gasteiger partial charge on any atom is -0.872 e. The number of amides is 1. The van der Waals surface area contributed by atoms with E-state index in [4.69, 9.17) is 0 Å². The van der Waals surface area contributed by atoms with Gasteiger partial charge in [0.15, 0.2) is 12.4 Å². The van der Waals surface area contributed by atoms with E-state index in [0.29, 0.717) is 5.56 Å². The summed E-state index contributed by atoms with van der Waals surface area (Å²) in [6.45, 7) is 2.11. The first-order chi connectivity index (χ1) is 14.5. The number of ketones is 1. The molecule has 1 saturated heterocycles. The number of aromatic amines is 1. The molecule has 5 nitrogen and oxygen atoms in total. The predicted octanol–water partition coefficient (Wildman–Crippen LogP) is 2.37.